The number of rotatable bonds is 7. The Morgan fingerprint density at radius 1 is 1.30 bits per heavy atom. The maximum atomic E-state index is 6.17. The summed E-state index contributed by atoms with van der Waals surface area (Å²) < 4.78 is 1.85. The van der Waals surface area contributed by atoms with Crippen molar-refractivity contribution in [3.05, 3.63) is 47.2 Å². The molecule has 0 fully saturated rings. The molecule has 108 valence electrons. The quantitative estimate of drug-likeness (QED) is 0.788. The zero-order chi connectivity index (χ0) is 14.4. The summed E-state index contributed by atoms with van der Waals surface area (Å²) in [6.07, 6.45) is 6.14. The maximum absolute atomic E-state index is 6.17. The molecule has 1 aromatic heterocycles. The molecule has 0 aliphatic heterocycles. The van der Waals surface area contributed by atoms with Crippen molar-refractivity contribution in [3.63, 3.8) is 0 Å². The molecule has 0 unspecified atom stereocenters. The van der Waals surface area contributed by atoms with Crippen molar-refractivity contribution >= 4 is 11.6 Å². The fourth-order valence-electron chi connectivity index (χ4n) is 2.07. The van der Waals surface area contributed by atoms with Gasteiger partial charge in [-0.3, -0.25) is 0 Å². The highest BCUT2D eigenvalue weighted by molar-refractivity contribution is 6.32. The van der Waals surface area contributed by atoms with E-state index in [1.54, 1.807) is 0 Å². The number of aryl methyl sites for hydroxylation is 1. The van der Waals surface area contributed by atoms with E-state index in [9.17, 15) is 0 Å². The van der Waals surface area contributed by atoms with Gasteiger partial charge in [0.2, 0.25) is 0 Å². The monoisotopic (exact) mass is 291 g/mol. The molecule has 1 heterocycles. The average Bonchev–Trinajstić information content (AvgIpc) is 2.87. The largest absolute Gasteiger partial charge is 0.316 e. The van der Waals surface area contributed by atoms with Crippen LogP contribution in [0, 0.1) is 5.92 Å². The van der Waals surface area contributed by atoms with Crippen LogP contribution in [0.1, 0.15) is 25.8 Å². The van der Waals surface area contributed by atoms with Gasteiger partial charge in [0.05, 0.1) is 16.9 Å². The second-order valence-corrected chi connectivity index (χ2v) is 5.85. The van der Waals surface area contributed by atoms with Crippen molar-refractivity contribution in [2.24, 2.45) is 5.92 Å². The topological polar surface area (TPSA) is 29.9 Å². The standard InChI is InChI=1S/C16H22ClN3/c1-13(2)10-18-9-5-6-14-11-19-20(12-14)16-8-4-3-7-15(16)17/h3-4,7-8,11-13,18H,5-6,9-10H2,1-2H3. The van der Waals surface area contributed by atoms with E-state index in [1.165, 1.54) is 5.56 Å². The molecule has 0 aliphatic rings. The number of halogens is 1. The van der Waals surface area contributed by atoms with Crippen LogP contribution >= 0.6 is 11.6 Å². The normalized spacial score (nSPS) is 11.2. The van der Waals surface area contributed by atoms with E-state index in [0.717, 1.165) is 36.6 Å². The van der Waals surface area contributed by atoms with Gasteiger partial charge in [0.1, 0.15) is 0 Å². The van der Waals surface area contributed by atoms with Gasteiger partial charge in [-0.15, -0.1) is 0 Å². The second-order valence-electron chi connectivity index (χ2n) is 5.45. The zero-order valence-corrected chi connectivity index (χ0v) is 12.9. The van der Waals surface area contributed by atoms with Crippen molar-refractivity contribution in [3.8, 4) is 5.69 Å². The summed E-state index contributed by atoms with van der Waals surface area (Å²) in [5.74, 6) is 0.706. The van der Waals surface area contributed by atoms with Gasteiger partial charge in [-0.2, -0.15) is 5.10 Å². The lowest BCUT2D eigenvalue weighted by Crippen LogP contribution is -2.20. The van der Waals surface area contributed by atoms with E-state index >= 15 is 0 Å². The van der Waals surface area contributed by atoms with Crippen LogP contribution in [0.4, 0.5) is 0 Å². The van der Waals surface area contributed by atoms with Crippen LogP contribution in [-0.4, -0.2) is 22.9 Å². The van der Waals surface area contributed by atoms with Gasteiger partial charge in [0.15, 0.2) is 0 Å². The second kappa shape index (κ2) is 7.46. The molecule has 2 aromatic rings. The summed E-state index contributed by atoms with van der Waals surface area (Å²) in [6.45, 7) is 6.58. The highest BCUT2D eigenvalue weighted by Gasteiger charge is 2.04. The summed E-state index contributed by atoms with van der Waals surface area (Å²) in [7, 11) is 0. The van der Waals surface area contributed by atoms with Gasteiger partial charge in [0, 0.05) is 6.20 Å². The fourth-order valence-corrected chi connectivity index (χ4v) is 2.29. The Morgan fingerprint density at radius 3 is 2.85 bits per heavy atom. The number of para-hydroxylation sites is 1. The molecule has 20 heavy (non-hydrogen) atoms. The number of nitrogens with zero attached hydrogens (tertiary/aromatic N) is 2. The van der Waals surface area contributed by atoms with E-state index in [-0.39, 0.29) is 0 Å². The number of hydrogen-bond acceptors (Lipinski definition) is 2. The molecule has 0 amide bonds. The molecule has 0 spiro atoms. The minimum atomic E-state index is 0.706. The molecule has 0 bridgehead atoms. The molecule has 0 aliphatic carbocycles. The van der Waals surface area contributed by atoms with Gasteiger partial charge in [-0.05, 0) is 49.5 Å². The first-order valence-electron chi connectivity index (χ1n) is 7.16. The first-order chi connectivity index (χ1) is 9.66. The molecule has 0 atom stereocenters. The summed E-state index contributed by atoms with van der Waals surface area (Å²) >= 11 is 6.17. The molecule has 1 aromatic carbocycles. The highest BCUT2D eigenvalue weighted by atomic mass is 35.5. The predicted octanol–water partition coefficient (Wildman–Crippen LogP) is 3.70. The maximum Gasteiger partial charge on any atom is 0.0831 e. The van der Waals surface area contributed by atoms with E-state index in [1.807, 2.05) is 35.1 Å². The Kier molecular flexibility index (Phi) is 5.62. The summed E-state index contributed by atoms with van der Waals surface area (Å²) in [4.78, 5) is 0. The van der Waals surface area contributed by atoms with Crippen LogP contribution in [0.3, 0.4) is 0 Å². The van der Waals surface area contributed by atoms with Gasteiger partial charge >= 0.3 is 0 Å². The first kappa shape index (κ1) is 15.1. The van der Waals surface area contributed by atoms with Crippen LogP contribution in [0.2, 0.25) is 5.02 Å². The van der Waals surface area contributed by atoms with E-state index < -0.39 is 0 Å². The van der Waals surface area contributed by atoms with Crippen molar-refractivity contribution in [1.29, 1.82) is 0 Å². The summed E-state index contributed by atoms with van der Waals surface area (Å²) in [5.41, 5.74) is 2.18. The minimum absolute atomic E-state index is 0.706. The molecule has 0 radical (unpaired) electrons. The SMILES string of the molecule is CC(C)CNCCCc1cnn(-c2ccccc2Cl)c1. The minimum Gasteiger partial charge on any atom is -0.316 e. The third-order valence-corrected chi connectivity index (χ3v) is 3.43. The molecule has 2 rings (SSSR count). The lowest BCUT2D eigenvalue weighted by Gasteiger charge is -2.06. The van der Waals surface area contributed by atoms with Crippen molar-refractivity contribution in [1.82, 2.24) is 15.1 Å². The number of aromatic nitrogens is 2. The lowest BCUT2D eigenvalue weighted by atomic mass is 10.2. The van der Waals surface area contributed by atoms with Crippen LogP contribution < -0.4 is 5.32 Å². The highest BCUT2D eigenvalue weighted by Crippen LogP contribution is 2.19. The van der Waals surface area contributed by atoms with E-state index in [0.29, 0.717) is 5.92 Å². The Balaban J connectivity index is 1.85. The third kappa shape index (κ3) is 4.36. The summed E-state index contributed by atoms with van der Waals surface area (Å²) in [6, 6.07) is 7.76. The lowest BCUT2D eigenvalue weighted by molar-refractivity contribution is 0.543. The number of hydrogen-bond donors (Lipinski definition) is 1. The molecule has 0 saturated carbocycles. The van der Waals surface area contributed by atoms with Gasteiger partial charge < -0.3 is 5.32 Å². The molecule has 3 nitrogen and oxygen atoms in total. The molecule has 4 heteroatoms. The smallest absolute Gasteiger partial charge is 0.0831 e. The Hall–Kier alpha value is -1.32. The van der Waals surface area contributed by atoms with Crippen LogP contribution in [-0.2, 0) is 6.42 Å². The Morgan fingerprint density at radius 2 is 2.10 bits per heavy atom. The van der Waals surface area contributed by atoms with Crippen molar-refractivity contribution < 1.29 is 0 Å². The molecule has 0 saturated heterocycles. The number of benzene rings is 1. The van der Waals surface area contributed by atoms with Gasteiger partial charge in [-0.25, -0.2) is 4.68 Å². The Bertz CT molecular complexity index is 534. The average molecular weight is 292 g/mol. The van der Waals surface area contributed by atoms with Crippen molar-refractivity contribution in [2.75, 3.05) is 13.1 Å². The van der Waals surface area contributed by atoms with Crippen molar-refractivity contribution in [2.45, 2.75) is 26.7 Å². The first-order valence-corrected chi connectivity index (χ1v) is 7.54. The Labute approximate surface area is 126 Å². The van der Waals surface area contributed by atoms with Crippen LogP contribution in [0.15, 0.2) is 36.7 Å². The van der Waals surface area contributed by atoms with Gasteiger partial charge in [-0.1, -0.05) is 37.6 Å². The van der Waals surface area contributed by atoms with E-state index in [4.69, 9.17) is 11.6 Å². The van der Waals surface area contributed by atoms with Crippen LogP contribution in [0.5, 0.6) is 0 Å². The molecular formula is C16H22ClN3. The zero-order valence-electron chi connectivity index (χ0n) is 12.1. The fraction of sp³-hybridized carbons (Fsp3) is 0.438. The summed E-state index contributed by atoms with van der Waals surface area (Å²) in [5, 5.41) is 8.56. The molecular weight excluding hydrogens is 270 g/mol. The molecule has 1 N–H and O–H groups in total. The van der Waals surface area contributed by atoms with E-state index in [2.05, 4.69) is 30.5 Å². The van der Waals surface area contributed by atoms with Gasteiger partial charge in [0.25, 0.3) is 0 Å². The predicted molar refractivity (Wildman–Crippen MR) is 84.6 cm³/mol. The number of nitrogens with one attached hydrogen (secondary N) is 1. The third-order valence-electron chi connectivity index (χ3n) is 3.11. The van der Waals surface area contributed by atoms with Crippen LogP contribution in [0.25, 0.3) is 5.69 Å².